The summed E-state index contributed by atoms with van der Waals surface area (Å²) in [6.45, 7) is 8.60. The minimum Gasteiger partial charge on any atom is -0.312 e. The maximum atomic E-state index is 12.8. The van der Waals surface area contributed by atoms with Crippen LogP contribution in [0.2, 0.25) is 0 Å². The third-order valence-corrected chi connectivity index (χ3v) is 7.13. The van der Waals surface area contributed by atoms with Crippen LogP contribution >= 0.6 is 11.3 Å². The van der Waals surface area contributed by atoms with Crippen LogP contribution in [0, 0.1) is 5.92 Å². The van der Waals surface area contributed by atoms with E-state index in [0.717, 1.165) is 37.2 Å². The first-order valence-electron chi connectivity index (χ1n) is 7.76. The maximum absolute atomic E-state index is 12.8. The fraction of sp³-hybridized carbons (Fsp3) is 0.733. The van der Waals surface area contributed by atoms with Crippen molar-refractivity contribution >= 4 is 21.4 Å². The van der Waals surface area contributed by atoms with E-state index in [-0.39, 0.29) is 6.04 Å². The molecule has 1 saturated carbocycles. The van der Waals surface area contributed by atoms with Crippen molar-refractivity contribution in [2.75, 3.05) is 13.1 Å². The molecule has 1 N–H and O–H groups in total. The second-order valence-corrected chi connectivity index (χ2v) is 9.32. The molecule has 0 aliphatic heterocycles. The van der Waals surface area contributed by atoms with Gasteiger partial charge < -0.3 is 5.32 Å². The van der Waals surface area contributed by atoms with Gasteiger partial charge in [0, 0.05) is 24.0 Å². The molecule has 0 aromatic carbocycles. The summed E-state index contributed by atoms with van der Waals surface area (Å²) in [6.07, 6.45) is 2.94. The first-order valence-corrected chi connectivity index (χ1v) is 10.0. The molecule has 0 amide bonds. The normalized spacial score (nSPS) is 16.0. The Morgan fingerprint density at radius 2 is 2.10 bits per heavy atom. The fourth-order valence-corrected chi connectivity index (χ4v) is 5.36. The molecule has 1 heterocycles. The molecule has 1 fully saturated rings. The zero-order chi connectivity index (χ0) is 15.5. The van der Waals surface area contributed by atoms with Gasteiger partial charge in [-0.3, -0.25) is 0 Å². The van der Waals surface area contributed by atoms with Crippen LogP contribution in [-0.4, -0.2) is 31.9 Å². The molecule has 1 aromatic heterocycles. The molecule has 0 radical (unpaired) electrons. The van der Waals surface area contributed by atoms with E-state index in [0.29, 0.717) is 16.7 Å². The van der Waals surface area contributed by atoms with Crippen LogP contribution in [0.15, 0.2) is 16.3 Å². The molecule has 4 nitrogen and oxygen atoms in total. The minimum atomic E-state index is -3.31. The van der Waals surface area contributed by atoms with Crippen LogP contribution in [0.1, 0.15) is 44.9 Å². The molecule has 1 aliphatic rings. The van der Waals surface area contributed by atoms with Gasteiger partial charge in [0.15, 0.2) is 0 Å². The molecule has 21 heavy (non-hydrogen) atoms. The lowest BCUT2D eigenvalue weighted by Gasteiger charge is -2.21. The number of nitrogens with zero attached hydrogens (tertiary/aromatic N) is 1. The molecule has 6 heteroatoms. The Bertz CT molecular complexity index is 548. The van der Waals surface area contributed by atoms with Gasteiger partial charge >= 0.3 is 0 Å². The van der Waals surface area contributed by atoms with E-state index < -0.39 is 10.0 Å². The van der Waals surface area contributed by atoms with E-state index in [1.165, 1.54) is 11.3 Å². The quantitative estimate of drug-likeness (QED) is 0.757. The molecule has 1 aliphatic carbocycles. The van der Waals surface area contributed by atoms with Gasteiger partial charge in [-0.25, -0.2) is 8.42 Å². The lowest BCUT2D eigenvalue weighted by molar-refractivity contribution is 0.374. The number of nitrogens with one attached hydrogen (secondary N) is 1. The van der Waals surface area contributed by atoms with Crippen molar-refractivity contribution in [2.45, 2.75) is 56.8 Å². The van der Waals surface area contributed by atoms with Gasteiger partial charge in [-0.05, 0) is 43.9 Å². The van der Waals surface area contributed by atoms with Gasteiger partial charge in [0.1, 0.15) is 4.21 Å². The molecule has 0 unspecified atom stereocenters. The molecular weight excluding hydrogens is 304 g/mol. The van der Waals surface area contributed by atoms with E-state index in [9.17, 15) is 8.42 Å². The topological polar surface area (TPSA) is 49.4 Å². The van der Waals surface area contributed by atoms with Crippen molar-refractivity contribution in [3.63, 3.8) is 0 Å². The minimum absolute atomic E-state index is 0.230. The highest BCUT2D eigenvalue weighted by atomic mass is 32.2. The van der Waals surface area contributed by atoms with E-state index >= 15 is 0 Å². The second-order valence-electron chi connectivity index (χ2n) is 6.03. The Kier molecular flexibility index (Phi) is 5.82. The van der Waals surface area contributed by atoms with Gasteiger partial charge in [0.05, 0.1) is 0 Å². The average Bonchev–Trinajstić information content (AvgIpc) is 3.12. The van der Waals surface area contributed by atoms with Crippen LogP contribution in [0.3, 0.4) is 0 Å². The summed E-state index contributed by atoms with van der Waals surface area (Å²) in [5.74, 6) is 0.522. The molecule has 0 saturated heterocycles. The zero-order valence-electron chi connectivity index (χ0n) is 13.1. The van der Waals surface area contributed by atoms with Gasteiger partial charge in [0.25, 0.3) is 10.0 Å². The first kappa shape index (κ1) is 16.9. The van der Waals surface area contributed by atoms with Crippen LogP contribution in [0.4, 0.5) is 0 Å². The predicted molar refractivity (Wildman–Crippen MR) is 88.1 cm³/mol. The highest BCUT2D eigenvalue weighted by Crippen LogP contribution is 2.34. The Balaban J connectivity index is 2.12. The summed E-state index contributed by atoms with van der Waals surface area (Å²) in [5.41, 5.74) is 0. The fourth-order valence-electron chi connectivity index (χ4n) is 2.20. The summed E-state index contributed by atoms with van der Waals surface area (Å²) in [6, 6.07) is 3.92. The molecular formula is C15H26N2O2S2. The third kappa shape index (κ3) is 4.52. The van der Waals surface area contributed by atoms with Gasteiger partial charge in [-0.15, -0.1) is 11.3 Å². The van der Waals surface area contributed by atoms with Gasteiger partial charge in [-0.2, -0.15) is 4.31 Å². The van der Waals surface area contributed by atoms with E-state index in [4.69, 9.17) is 0 Å². The van der Waals surface area contributed by atoms with Crippen molar-refractivity contribution < 1.29 is 8.42 Å². The van der Waals surface area contributed by atoms with E-state index in [1.807, 2.05) is 13.0 Å². The summed E-state index contributed by atoms with van der Waals surface area (Å²) in [4.78, 5) is 1.08. The van der Waals surface area contributed by atoms with Crippen LogP contribution in [0.25, 0.3) is 0 Å². The van der Waals surface area contributed by atoms with Crippen molar-refractivity contribution in [2.24, 2.45) is 5.92 Å². The van der Waals surface area contributed by atoms with Crippen molar-refractivity contribution in [1.29, 1.82) is 0 Å². The smallest absolute Gasteiger partial charge is 0.252 e. The molecule has 120 valence electrons. The van der Waals surface area contributed by atoms with Crippen molar-refractivity contribution in [1.82, 2.24) is 9.62 Å². The molecule has 2 rings (SSSR count). The summed E-state index contributed by atoms with van der Waals surface area (Å²) in [5, 5.41) is 3.24. The highest BCUT2D eigenvalue weighted by Gasteiger charge is 2.38. The zero-order valence-corrected chi connectivity index (χ0v) is 14.8. The van der Waals surface area contributed by atoms with Crippen molar-refractivity contribution in [3.05, 3.63) is 17.0 Å². The highest BCUT2D eigenvalue weighted by molar-refractivity contribution is 7.91. The maximum Gasteiger partial charge on any atom is 0.252 e. The Labute approximate surface area is 132 Å². The first-order chi connectivity index (χ1) is 9.95. The molecule has 0 spiro atoms. The second kappa shape index (κ2) is 7.22. The number of sulfonamides is 1. The lowest BCUT2D eigenvalue weighted by atomic mass is 10.1. The van der Waals surface area contributed by atoms with Crippen LogP contribution < -0.4 is 5.32 Å². The number of thiophene rings is 1. The monoisotopic (exact) mass is 330 g/mol. The molecule has 0 bridgehead atoms. The summed E-state index contributed by atoms with van der Waals surface area (Å²) < 4.78 is 27.9. The molecule has 0 atom stereocenters. The summed E-state index contributed by atoms with van der Waals surface area (Å²) in [7, 11) is -3.31. The number of rotatable bonds is 9. The standard InChI is InChI=1S/C15H26N2O2S2/c1-4-16-11-14-7-8-15(20-14)21(18,19)17(13-5-6-13)10-9-12(2)3/h7-8,12-13,16H,4-6,9-11H2,1-3H3. The molecule has 1 aromatic rings. The predicted octanol–water partition coefficient (Wildman–Crippen LogP) is 3.06. The lowest BCUT2D eigenvalue weighted by Crippen LogP contribution is -2.34. The van der Waals surface area contributed by atoms with Crippen LogP contribution in [-0.2, 0) is 16.6 Å². The Hall–Kier alpha value is -0.430. The largest absolute Gasteiger partial charge is 0.312 e. The van der Waals surface area contributed by atoms with Gasteiger partial charge in [0.2, 0.25) is 0 Å². The Morgan fingerprint density at radius 1 is 1.38 bits per heavy atom. The van der Waals surface area contributed by atoms with E-state index in [1.54, 1.807) is 10.4 Å². The van der Waals surface area contributed by atoms with Crippen molar-refractivity contribution in [3.8, 4) is 0 Å². The van der Waals surface area contributed by atoms with E-state index in [2.05, 4.69) is 19.2 Å². The SMILES string of the molecule is CCNCc1ccc(S(=O)(=O)N(CCC(C)C)C2CC2)s1. The average molecular weight is 331 g/mol. The van der Waals surface area contributed by atoms with Crippen LogP contribution in [0.5, 0.6) is 0 Å². The number of hydrogen-bond acceptors (Lipinski definition) is 4. The van der Waals surface area contributed by atoms with Gasteiger partial charge in [-0.1, -0.05) is 20.8 Å². The third-order valence-electron chi connectivity index (χ3n) is 3.63. The summed E-state index contributed by atoms with van der Waals surface area (Å²) >= 11 is 1.40. The number of hydrogen-bond donors (Lipinski definition) is 1. The Morgan fingerprint density at radius 3 is 2.67 bits per heavy atom.